The fraction of sp³-hybridized carbons (Fsp3) is 0.167. The summed E-state index contributed by atoms with van der Waals surface area (Å²) in [6.07, 6.45) is -0.722. The first-order valence-electron chi connectivity index (χ1n) is 4.66. The predicted molar refractivity (Wildman–Crippen MR) is 59.5 cm³/mol. The lowest BCUT2D eigenvalue weighted by molar-refractivity contribution is 0.223. The van der Waals surface area contributed by atoms with Gasteiger partial charge in [-0.3, -0.25) is 0 Å². The normalized spacial score (nSPS) is 12.7. The van der Waals surface area contributed by atoms with E-state index >= 15 is 0 Å². The third-order valence-electron chi connectivity index (χ3n) is 2.35. The number of hydrogen-bond acceptors (Lipinski definition) is 2. The van der Waals surface area contributed by atoms with Gasteiger partial charge >= 0.3 is 0 Å². The first-order chi connectivity index (χ1) is 7.18. The molecule has 0 unspecified atom stereocenters. The zero-order valence-corrected chi connectivity index (χ0v) is 9.09. The summed E-state index contributed by atoms with van der Waals surface area (Å²) >= 11 is 1.47. The average molecular weight is 222 g/mol. The van der Waals surface area contributed by atoms with E-state index in [0.29, 0.717) is 5.56 Å². The van der Waals surface area contributed by atoms with Crippen LogP contribution in [0.5, 0.6) is 0 Å². The second-order valence-corrected chi connectivity index (χ2v) is 4.40. The van der Waals surface area contributed by atoms with Gasteiger partial charge in [-0.2, -0.15) is 0 Å². The van der Waals surface area contributed by atoms with Crippen LogP contribution >= 0.6 is 11.3 Å². The Morgan fingerprint density at radius 3 is 2.80 bits per heavy atom. The molecule has 0 saturated carbocycles. The van der Waals surface area contributed by atoms with E-state index in [1.807, 2.05) is 24.4 Å². The summed E-state index contributed by atoms with van der Waals surface area (Å²) in [6, 6.07) is 8.19. The minimum absolute atomic E-state index is 0.314. The van der Waals surface area contributed by atoms with Gasteiger partial charge in [-0.15, -0.1) is 11.3 Å². The Kier molecular flexibility index (Phi) is 2.84. The van der Waals surface area contributed by atoms with Gasteiger partial charge in [0, 0.05) is 4.88 Å². The Morgan fingerprint density at radius 2 is 2.13 bits per heavy atom. The van der Waals surface area contributed by atoms with Gasteiger partial charge in [0.05, 0.1) is 0 Å². The van der Waals surface area contributed by atoms with Gasteiger partial charge < -0.3 is 5.11 Å². The Hall–Kier alpha value is -1.19. The van der Waals surface area contributed by atoms with Gasteiger partial charge in [0.25, 0.3) is 0 Å². The summed E-state index contributed by atoms with van der Waals surface area (Å²) in [6.45, 7) is 1.87. The molecule has 0 amide bonds. The highest BCUT2D eigenvalue weighted by molar-refractivity contribution is 7.10. The first kappa shape index (κ1) is 10.3. The van der Waals surface area contributed by atoms with Gasteiger partial charge in [-0.05, 0) is 41.6 Å². The van der Waals surface area contributed by atoms with Crippen molar-refractivity contribution in [2.75, 3.05) is 0 Å². The van der Waals surface area contributed by atoms with Crippen molar-refractivity contribution >= 4 is 11.3 Å². The molecule has 0 aliphatic rings. The molecule has 0 fully saturated rings. The Balaban J connectivity index is 2.41. The van der Waals surface area contributed by atoms with Crippen LogP contribution < -0.4 is 0 Å². The quantitative estimate of drug-likeness (QED) is 0.826. The molecule has 1 nitrogen and oxygen atoms in total. The topological polar surface area (TPSA) is 20.2 Å². The van der Waals surface area contributed by atoms with E-state index in [9.17, 15) is 9.50 Å². The lowest BCUT2D eigenvalue weighted by Crippen LogP contribution is -2.00. The van der Waals surface area contributed by atoms with Gasteiger partial charge in [0.2, 0.25) is 0 Å². The standard InChI is InChI=1S/C12H11FOS/c1-8-4-5-9(13)7-10(8)12(14)11-3-2-6-15-11/h2-7,12,14H,1H3/t12-/m1/s1. The molecule has 0 radical (unpaired) electrons. The Bertz CT molecular complexity index is 451. The van der Waals surface area contributed by atoms with Crippen LogP contribution in [0.2, 0.25) is 0 Å². The van der Waals surface area contributed by atoms with E-state index in [-0.39, 0.29) is 5.82 Å². The molecule has 15 heavy (non-hydrogen) atoms. The summed E-state index contributed by atoms with van der Waals surface area (Å²) in [4.78, 5) is 0.837. The fourth-order valence-corrected chi connectivity index (χ4v) is 2.23. The molecule has 0 saturated heterocycles. The molecule has 1 heterocycles. The first-order valence-corrected chi connectivity index (χ1v) is 5.54. The van der Waals surface area contributed by atoms with Crippen LogP contribution in [-0.2, 0) is 0 Å². The molecule has 1 aromatic heterocycles. The van der Waals surface area contributed by atoms with Crippen LogP contribution in [-0.4, -0.2) is 5.11 Å². The van der Waals surface area contributed by atoms with E-state index in [1.165, 1.54) is 23.5 Å². The molecule has 78 valence electrons. The average Bonchev–Trinajstić information content (AvgIpc) is 2.74. The van der Waals surface area contributed by atoms with Crippen LogP contribution in [0.1, 0.15) is 22.1 Å². The van der Waals surface area contributed by atoms with Crippen molar-refractivity contribution in [2.24, 2.45) is 0 Å². The number of aryl methyl sites for hydroxylation is 1. The smallest absolute Gasteiger partial charge is 0.123 e. The van der Waals surface area contributed by atoms with Crippen LogP contribution in [0.15, 0.2) is 35.7 Å². The fourth-order valence-electron chi connectivity index (χ4n) is 1.51. The monoisotopic (exact) mass is 222 g/mol. The van der Waals surface area contributed by atoms with Crippen molar-refractivity contribution in [1.29, 1.82) is 0 Å². The lowest BCUT2D eigenvalue weighted by Gasteiger charge is -2.11. The summed E-state index contributed by atoms with van der Waals surface area (Å²) in [7, 11) is 0. The molecular formula is C12H11FOS. The largest absolute Gasteiger partial charge is 0.383 e. The summed E-state index contributed by atoms with van der Waals surface area (Å²) in [5, 5.41) is 11.9. The maximum atomic E-state index is 13.0. The summed E-state index contributed by atoms with van der Waals surface area (Å²) in [5.41, 5.74) is 1.54. The van der Waals surface area contributed by atoms with E-state index in [4.69, 9.17) is 0 Å². The zero-order chi connectivity index (χ0) is 10.8. The van der Waals surface area contributed by atoms with E-state index in [1.54, 1.807) is 6.07 Å². The highest BCUT2D eigenvalue weighted by Crippen LogP contribution is 2.28. The Morgan fingerprint density at radius 1 is 1.33 bits per heavy atom. The molecule has 1 aromatic carbocycles. The maximum absolute atomic E-state index is 13.0. The van der Waals surface area contributed by atoms with E-state index in [0.717, 1.165) is 10.4 Å². The molecule has 2 aromatic rings. The third-order valence-corrected chi connectivity index (χ3v) is 3.27. The second-order valence-electron chi connectivity index (χ2n) is 3.42. The minimum Gasteiger partial charge on any atom is -0.383 e. The van der Waals surface area contributed by atoms with Crippen molar-refractivity contribution in [3.63, 3.8) is 0 Å². The second kappa shape index (κ2) is 4.13. The zero-order valence-electron chi connectivity index (χ0n) is 8.27. The molecule has 0 aliphatic heterocycles. The minimum atomic E-state index is -0.722. The molecule has 1 atom stereocenters. The van der Waals surface area contributed by atoms with Crippen molar-refractivity contribution in [1.82, 2.24) is 0 Å². The van der Waals surface area contributed by atoms with Crippen molar-refractivity contribution in [3.8, 4) is 0 Å². The molecule has 1 N–H and O–H groups in total. The van der Waals surface area contributed by atoms with Gasteiger partial charge in [-0.1, -0.05) is 12.1 Å². The highest BCUT2D eigenvalue weighted by Gasteiger charge is 2.14. The van der Waals surface area contributed by atoms with E-state index < -0.39 is 6.10 Å². The number of rotatable bonds is 2. The summed E-state index contributed by atoms with van der Waals surface area (Å²) < 4.78 is 13.0. The molecule has 0 bridgehead atoms. The predicted octanol–water partition coefficient (Wildman–Crippen LogP) is 3.28. The number of thiophene rings is 1. The number of aliphatic hydroxyl groups excluding tert-OH is 1. The molecule has 0 aliphatic carbocycles. The highest BCUT2D eigenvalue weighted by atomic mass is 32.1. The molecule has 0 spiro atoms. The van der Waals surface area contributed by atoms with Crippen LogP contribution in [0.4, 0.5) is 4.39 Å². The number of halogens is 1. The van der Waals surface area contributed by atoms with Crippen molar-refractivity contribution < 1.29 is 9.50 Å². The molecular weight excluding hydrogens is 211 g/mol. The van der Waals surface area contributed by atoms with Crippen LogP contribution in [0.25, 0.3) is 0 Å². The number of hydrogen-bond donors (Lipinski definition) is 1. The van der Waals surface area contributed by atoms with Crippen LogP contribution in [0.3, 0.4) is 0 Å². The maximum Gasteiger partial charge on any atom is 0.123 e. The Labute approximate surface area is 91.8 Å². The van der Waals surface area contributed by atoms with Gasteiger partial charge in [0.1, 0.15) is 11.9 Å². The SMILES string of the molecule is Cc1ccc(F)cc1[C@@H](O)c1cccs1. The third kappa shape index (κ3) is 2.08. The summed E-state index contributed by atoms with van der Waals surface area (Å²) in [5.74, 6) is -0.314. The van der Waals surface area contributed by atoms with Crippen LogP contribution in [0, 0.1) is 12.7 Å². The van der Waals surface area contributed by atoms with Gasteiger partial charge in [0.15, 0.2) is 0 Å². The van der Waals surface area contributed by atoms with Gasteiger partial charge in [-0.25, -0.2) is 4.39 Å². The van der Waals surface area contributed by atoms with Crippen molar-refractivity contribution in [3.05, 3.63) is 57.5 Å². The van der Waals surface area contributed by atoms with E-state index in [2.05, 4.69) is 0 Å². The number of aliphatic hydroxyl groups is 1. The molecule has 2 rings (SSSR count). The lowest BCUT2D eigenvalue weighted by atomic mass is 10.0. The molecule has 3 heteroatoms. The van der Waals surface area contributed by atoms with Crippen molar-refractivity contribution in [2.45, 2.75) is 13.0 Å². The number of benzene rings is 1.